The molecular formula is C16H14N2OS. The second-order valence-electron chi connectivity index (χ2n) is 4.77. The number of anilines is 1. The van der Waals surface area contributed by atoms with Crippen molar-refractivity contribution in [1.29, 1.82) is 0 Å². The van der Waals surface area contributed by atoms with E-state index in [2.05, 4.69) is 4.98 Å². The number of pyridine rings is 1. The Labute approximate surface area is 121 Å². The summed E-state index contributed by atoms with van der Waals surface area (Å²) >= 11 is 1.37. The van der Waals surface area contributed by atoms with Crippen LogP contribution in [0.3, 0.4) is 0 Å². The van der Waals surface area contributed by atoms with Crippen LogP contribution in [0.1, 0.15) is 22.2 Å². The first-order valence-corrected chi connectivity index (χ1v) is 7.15. The molecule has 20 heavy (non-hydrogen) atoms. The van der Waals surface area contributed by atoms with Crippen molar-refractivity contribution in [3.8, 4) is 11.3 Å². The summed E-state index contributed by atoms with van der Waals surface area (Å²) in [4.78, 5) is 17.7. The number of nitrogens with two attached hydrogens (primary N) is 1. The molecular weight excluding hydrogens is 268 g/mol. The van der Waals surface area contributed by atoms with Crippen molar-refractivity contribution in [3.05, 3.63) is 46.8 Å². The molecule has 0 fully saturated rings. The molecule has 100 valence electrons. The Balaban J connectivity index is 2.28. The first-order chi connectivity index (χ1) is 9.58. The summed E-state index contributed by atoms with van der Waals surface area (Å²) in [5.74, 6) is -0.00818. The maximum Gasteiger partial charge on any atom is 0.171 e. The van der Waals surface area contributed by atoms with Gasteiger partial charge in [0.05, 0.1) is 16.3 Å². The molecule has 0 radical (unpaired) electrons. The van der Waals surface area contributed by atoms with Gasteiger partial charge in [-0.25, -0.2) is 4.98 Å². The second-order valence-corrected chi connectivity index (χ2v) is 5.77. The fourth-order valence-corrected chi connectivity index (χ4v) is 3.39. The Morgan fingerprint density at radius 2 is 1.95 bits per heavy atom. The third-order valence-corrected chi connectivity index (χ3v) is 4.49. The number of hydrogen-bond acceptors (Lipinski definition) is 4. The molecule has 0 bridgehead atoms. The molecule has 2 aromatic heterocycles. The van der Waals surface area contributed by atoms with Gasteiger partial charge in [-0.2, -0.15) is 0 Å². The van der Waals surface area contributed by atoms with Gasteiger partial charge < -0.3 is 5.73 Å². The molecule has 0 spiro atoms. The molecule has 2 N–H and O–H groups in total. The average Bonchev–Trinajstić information content (AvgIpc) is 2.77. The van der Waals surface area contributed by atoms with Crippen molar-refractivity contribution >= 4 is 33.0 Å². The predicted molar refractivity (Wildman–Crippen MR) is 84.2 cm³/mol. The summed E-state index contributed by atoms with van der Waals surface area (Å²) in [5.41, 5.74) is 9.66. The number of benzene rings is 1. The number of aromatic nitrogens is 1. The van der Waals surface area contributed by atoms with E-state index in [9.17, 15) is 4.79 Å². The van der Waals surface area contributed by atoms with Gasteiger partial charge >= 0.3 is 0 Å². The lowest BCUT2D eigenvalue weighted by atomic mass is 10.1. The van der Waals surface area contributed by atoms with Crippen LogP contribution in [0.25, 0.3) is 21.5 Å². The Kier molecular flexibility index (Phi) is 3.03. The maximum absolute atomic E-state index is 11.6. The van der Waals surface area contributed by atoms with E-state index < -0.39 is 0 Å². The van der Waals surface area contributed by atoms with Gasteiger partial charge in [-0.15, -0.1) is 11.3 Å². The number of carbonyl (C=O) groups is 1. The minimum atomic E-state index is -0.00818. The van der Waals surface area contributed by atoms with Gasteiger partial charge in [-0.05, 0) is 18.6 Å². The van der Waals surface area contributed by atoms with Gasteiger partial charge in [0.15, 0.2) is 5.78 Å². The molecule has 3 aromatic rings. The number of carbonyl (C=O) groups excluding carboxylic acids is 1. The predicted octanol–water partition coefficient (Wildman–Crippen LogP) is 4.06. The SMILES string of the molecule is CC(=O)c1sc2nc(-c3ccccc3)cc(C)c2c1N. The fourth-order valence-electron chi connectivity index (χ4n) is 2.33. The summed E-state index contributed by atoms with van der Waals surface area (Å²) in [6, 6.07) is 12.0. The van der Waals surface area contributed by atoms with E-state index >= 15 is 0 Å². The highest BCUT2D eigenvalue weighted by Crippen LogP contribution is 2.36. The minimum absolute atomic E-state index is 0.00818. The molecule has 0 unspecified atom stereocenters. The number of nitrogens with zero attached hydrogens (tertiary/aromatic N) is 1. The van der Waals surface area contributed by atoms with Gasteiger partial charge in [-0.1, -0.05) is 30.3 Å². The maximum atomic E-state index is 11.6. The van der Waals surface area contributed by atoms with E-state index in [1.807, 2.05) is 43.3 Å². The quantitative estimate of drug-likeness (QED) is 0.721. The van der Waals surface area contributed by atoms with Crippen LogP contribution in [0.2, 0.25) is 0 Å². The molecule has 2 heterocycles. The van der Waals surface area contributed by atoms with Crippen molar-refractivity contribution in [2.24, 2.45) is 0 Å². The van der Waals surface area contributed by atoms with Crippen molar-refractivity contribution in [2.45, 2.75) is 13.8 Å². The topological polar surface area (TPSA) is 56.0 Å². The zero-order valence-electron chi connectivity index (χ0n) is 11.3. The number of hydrogen-bond donors (Lipinski definition) is 1. The zero-order chi connectivity index (χ0) is 14.3. The standard InChI is InChI=1S/C16H14N2OS/c1-9-8-12(11-6-4-3-5-7-11)18-16-13(9)14(17)15(20-16)10(2)19/h3-8H,17H2,1-2H3. The van der Waals surface area contributed by atoms with Crippen molar-refractivity contribution < 1.29 is 4.79 Å². The van der Waals surface area contributed by atoms with Crippen LogP contribution in [0, 0.1) is 6.92 Å². The lowest BCUT2D eigenvalue weighted by molar-refractivity contribution is 0.102. The van der Waals surface area contributed by atoms with Crippen LogP contribution in [-0.2, 0) is 0 Å². The number of aryl methyl sites for hydroxylation is 1. The van der Waals surface area contributed by atoms with Crippen LogP contribution in [-0.4, -0.2) is 10.8 Å². The Hall–Kier alpha value is -2.20. The smallest absolute Gasteiger partial charge is 0.171 e. The van der Waals surface area contributed by atoms with E-state index in [1.54, 1.807) is 0 Å². The minimum Gasteiger partial charge on any atom is -0.397 e. The monoisotopic (exact) mass is 282 g/mol. The largest absolute Gasteiger partial charge is 0.397 e. The summed E-state index contributed by atoms with van der Waals surface area (Å²) in [6.45, 7) is 3.54. The Bertz CT molecular complexity index is 806. The molecule has 0 amide bonds. The van der Waals surface area contributed by atoms with Crippen molar-refractivity contribution in [1.82, 2.24) is 4.98 Å². The molecule has 1 aromatic carbocycles. The normalized spacial score (nSPS) is 10.9. The van der Waals surface area contributed by atoms with E-state index in [4.69, 9.17) is 5.73 Å². The van der Waals surface area contributed by atoms with Crippen molar-refractivity contribution in [2.75, 3.05) is 5.73 Å². The highest BCUT2D eigenvalue weighted by Gasteiger charge is 2.16. The summed E-state index contributed by atoms with van der Waals surface area (Å²) in [7, 11) is 0. The lowest BCUT2D eigenvalue weighted by Crippen LogP contribution is -1.94. The van der Waals surface area contributed by atoms with Crippen LogP contribution < -0.4 is 5.73 Å². The molecule has 0 saturated heterocycles. The second kappa shape index (κ2) is 4.72. The fraction of sp³-hybridized carbons (Fsp3) is 0.125. The zero-order valence-corrected chi connectivity index (χ0v) is 12.1. The summed E-state index contributed by atoms with van der Waals surface area (Å²) in [6.07, 6.45) is 0. The summed E-state index contributed by atoms with van der Waals surface area (Å²) in [5, 5.41) is 0.903. The molecule has 0 saturated carbocycles. The van der Waals surface area contributed by atoms with E-state index in [0.29, 0.717) is 10.6 Å². The van der Waals surface area contributed by atoms with Gasteiger partial charge in [0.25, 0.3) is 0 Å². The van der Waals surface area contributed by atoms with Crippen LogP contribution in [0.15, 0.2) is 36.4 Å². The lowest BCUT2D eigenvalue weighted by Gasteiger charge is -2.04. The molecule has 4 heteroatoms. The van der Waals surface area contributed by atoms with Gasteiger partial charge in [-0.3, -0.25) is 4.79 Å². The van der Waals surface area contributed by atoms with E-state index in [0.717, 1.165) is 27.0 Å². The molecule has 0 aliphatic heterocycles. The number of thiophene rings is 1. The summed E-state index contributed by atoms with van der Waals surface area (Å²) < 4.78 is 0. The van der Waals surface area contributed by atoms with E-state index in [-0.39, 0.29) is 5.78 Å². The van der Waals surface area contributed by atoms with E-state index in [1.165, 1.54) is 18.3 Å². The molecule has 0 aliphatic carbocycles. The van der Waals surface area contributed by atoms with Gasteiger partial charge in [0, 0.05) is 17.9 Å². The number of Topliss-reactive ketones (excluding diaryl/α,β-unsaturated/α-hetero) is 1. The van der Waals surface area contributed by atoms with Gasteiger partial charge in [0.1, 0.15) is 4.83 Å². The molecule has 3 rings (SSSR count). The van der Waals surface area contributed by atoms with Gasteiger partial charge in [0.2, 0.25) is 0 Å². The Morgan fingerprint density at radius 1 is 1.25 bits per heavy atom. The number of ketones is 1. The number of nitrogen functional groups attached to an aromatic ring is 1. The first kappa shape index (κ1) is 12.8. The highest BCUT2D eigenvalue weighted by molar-refractivity contribution is 7.21. The molecule has 0 aliphatic rings. The third kappa shape index (κ3) is 1.98. The van der Waals surface area contributed by atoms with Crippen LogP contribution in [0.5, 0.6) is 0 Å². The third-order valence-electron chi connectivity index (χ3n) is 3.29. The number of rotatable bonds is 2. The first-order valence-electron chi connectivity index (χ1n) is 6.34. The highest BCUT2D eigenvalue weighted by atomic mass is 32.1. The van der Waals surface area contributed by atoms with Crippen LogP contribution >= 0.6 is 11.3 Å². The average molecular weight is 282 g/mol. The molecule has 3 nitrogen and oxygen atoms in total. The number of fused-ring (bicyclic) bond motifs is 1. The van der Waals surface area contributed by atoms with Crippen LogP contribution in [0.4, 0.5) is 5.69 Å². The van der Waals surface area contributed by atoms with Crippen molar-refractivity contribution in [3.63, 3.8) is 0 Å². The Morgan fingerprint density at radius 3 is 2.60 bits per heavy atom. The molecule has 0 atom stereocenters.